The van der Waals surface area contributed by atoms with Crippen LogP contribution < -0.4 is 0 Å². The second-order valence-corrected chi connectivity index (χ2v) is 3.89. The van der Waals surface area contributed by atoms with Crippen LogP contribution in [0.15, 0.2) is 16.6 Å². The molecule has 2 nitrogen and oxygen atoms in total. The average Bonchev–Trinajstić information content (AvgIpc) is 2.08. The molecule has 0 saturated carbocycles. The van der Waals surface area contributed by atoms with Crippen LogP contribution in [0.2, 0.25) is 0 Å². The molecule has 0 atom stereocenters. The fourth-order valence-corrected chi connectivity index (χ4v) is 1.70. The van der Waals surface area contributed by atoms with E-state index < -0.39 is 5.97 Å². The number of aryl methyl sites for hydroxylation is 1. The van der Waals surface area contributed by atoms with E-state index in [0.29, 0.717) is 11.1 Å². The molecule has 4 heteroatoms. The standard InChI is InChI=1S/C10H10BrFO2/c1-6-3-9(11)4-8(10(6)12)5-14-7(2)13/h3-4H,5H2,1-2H3. The molecule has 0 aliphatic carbocycles. The summed E-state index contributed by atoms with van der Waals surface area (Å²) in [7, 11) is 0. The van der Waals surface area contributed by atoms with Gasteiger partial charge in [-0.05, 0) is 24.6 Å². The Morgan fingerprint density at radius 3 is 2.79 bits per heavy atom. The molecule has 0 heterocycles. The first-order valence-corrected chi connectivity index (χ1v) is 4.88. The summed E-state index contributed by atoms with van der Waals surface area (Å²) in [5.41, 5.74) is 0.911. The minimum absolute atomic E-state index is 0.0263. The summed E-state index contributed by atoms with van der Waals surface area (Å²) < 4.78 is 18.9. The maximum atomic E-state index is 13.4. The molecule has 0 amide bonds. The summed E-state index contributed by atoms with van der Waals surface area (Å²) >= 11 is 3.25. The first-order chi connectivity index (χ1) is 6.50. The number of esters is 1. The van der Waals surface area contributed by atoms with E-state index in [1.807, 2.05) is 0 Å². The van der Waals surface area contributed by atoms with E-state index in [9.17, 15) is 9.18 Å². The predicted molar refractivity (Wildman–Crippen MR) is 54.3 cm³/mol. The van der Waals surface area contributed by atoms with Crippen molar-refractivity contribution in [2.45, 2.75) is 20.5 Å². The van der Waals surface area contributed by atoms with Gasteiger partial charge in [-0.25, -0.2) is 4.39 Å². The lowest BCUT2D eigenvalue weighted by molar-refractivity contribution is -0.142. The Kier molecular flexibility index (Phi) is 3.63. The highest BCUT2D eigenvalue weighted by molar-refractivity contribution is 9.10. The van der Waals surface area contributed by atoms with Crippen LogP contribution in [0.5, 0.6) is 0 Å². The highest BCUT2D eigenvalue weighted by Crippen LogP contribution is 2.20. The van der Waals surface area contributed by atoms with Gasteiger partial charge in [-0.15, -0.1) is 0 Å². The third kappa shape index (κ3) is 2.80. The number of ether oxygens (including phenoxy) is 1. The largest absolute Gasteiger partial charge is 0.461 e. The van der Waals surface area contributed by atoms with Crippen molar-refractivity contribution >= 4 is 21.9 Å². The topological polar surface area (TPSA) is 26.3 Å². The van der Waals surface area contributed by atoms with Gasteiger partial charge in [-0.3, -0.25) is 4.79 Å². The lowest BCUT2D eigenvalue weighted by Gasteiger charge is -2.06. The zero-order chi connectivity index (χ0) is 10.7. The normalized spacial score (nSPS) is 10.0. The van der Waals surface area contributed by atoms with Crippen LogP contribution in [-0.4, -0.2) is 5.97 Å². The van der Waals surface area contributed by atoms with Gasteiger partial charge >= 0.3 is 5.97 Å². The number of hydrogen-bond donors (Lipinski definition) is 0. The summed E-state index contributed by atoms with van der Waals surface area (Å²) in [5, 5.41) is 0. The minimum atomic E-state index is -0.415. The second-order valence-electron chi connectivity index (χ2n) is 2.98. The van der Waals surface area contributed by atoms with Crippen LogP contribution in [0.1, 0.15) is 18.1 Å². The third-order valence-corrected chi connectivity index (χ3v) is 2.18. The smallest absolute Gasteiger partial charge is 0.302 e. The van der Waals surface area contributed by atoms with Gasteiger partial charge < -0.3 is 4.74 Å². The van der Waals surface area contributed by atoms with E-state index in [0.717, 1.165) is 4.47 Å². The average molecular weight is 261 g/mol. The number of rotatable bonds is 2. The molecular weight excluding hydrogens is 251 g/mol. The Bertz CT molecular complexity index is 363. The highest BCUT2D eigenvalue weighted by Gasteiger charge is 2.08. The molecule has 0 fully saturated rings. The van der Waals surface area contributed by atoms with E-state index in [-0.39, 0.29) is 12.4 Å². The van der Waals surface area contributed by atoms with Gasteiger partial charge in [0.1, 0.15) is 12.4 Å². The van der Waals surface area contributed by atoms with E-state index in [1.165, 1.54) is 6.92 Å². The number of halogens is 2. The summed E-state index contributed by atoms with van der Waals surface area (Å²) in [4.78, 5) is 10.5. The maximum absolute atomic E-state index is 13.4. The van der Waals surface area contributed by atoms with E-state index >= 15 is 0 Å². The number of carbonyl (C=O) groups excluding carboxylic acids is 1. The molecule has 1 rings (SSSR count). The Balaban J connectivity index is 2.90. The molecule has 1 aromatic rings. The second kappa shape index (κ2) is 4.55. The molecule has 0 N–H and O–H groups in total. The fraction of sp³-hybridized carbons (Fsp3) is 0.300. The molecule has 0 radical (unpaired) electrons. The molecule has 0 bridgehead atoms. The Labute approximate surface area is 90.2 Å². The maximum Gasteiger partial charge on any atom is 0.302 e. The lowest BCUT2D eigenvalue weighted by atomic mass is 10.1. The van der Waals surface area contributed by atoms with Crippen molar-refractivity contribution in [2.75, 3.05) is 0 Å². The van der Waals surface area contributed by atoms with Gasteiger partial charge in [0.15, 0.2) is 0 Å². The van der Waals surface area contributed by atoms with Gasteiger partial charge in [0.25, 0.3) is 0 Å². The summed E-state index contributed by atoms with van der Waals surface area (Å²) in [6.45, 7) is 2.93. The molecule has 1 aromatic carbocycles. The van der Waals surface area contributed by atoms with Crippen molar-refractivity contribution in [1.29, 1.82) is 0 Å². The Hall–Kier alpha value is -0.900. The van der Waals surface area contributed by atoms with E-state index in [2.05, 4.69) is 15.9 Å². The molecule has 0 saturated heterocycles. The Morgan fingerprint density at radius 2 is 2.21 bits per heavy atom. The molecule has 0 aliphatic rings. The van der Waals surface area contributed by atoms with Crippen molar-refractivity contribution in [3.05, 3.63) is 33.5 Å². The molecular formula is C10H10BrFO2. The van der Waals surface area contributed by atoms with Crippen molar-refractivity contribution in [2.24, 2.45) is 0 Å². The molecule has 76 valence electrons. The quantitative estimate of drug-likeness (QED) is 0.765. The van der Waals surface area contributed by atoms with Crippen LogP contribution in [-0.2, 0) is 16.1 Å². The minimum Gasteiger partial charge on any atom is -0.461 e. The first kappa shape index (κ1) is 11.2. The van der Waals surface area contributed by atoms with Gasteiger partial charge in [0, 0.05) is 17.0 Å². The van der Waals surface area contributed by atoms with E-state index in [4.69, 9.17) is 4.74 Å². The molecule has 0 unspecified atom stereocenters. The fourth-order valence-electron chi connectivity index (χ4n) is 1.08. The molecule has 0 aliphatic heterocycles. The van der Waals surface area contributed by atoms with Crippen LogP contribution in [0, 0.1) is 12.7 Å². The van der Waals surface area contributed by atoms with Gasteiger partial charge in [-0.2, -0.15) is 0 Å². The predicted octanol–water partition coefficient (Wildman–Crippen LogP) is 2.96. The first-order valence-electron chi connectivity index (χ1n) is 4.08. The van der Waals surface area contributed by atoms with Gasteiger partial charge in [0.2, 0.25) is 0 Å². The lowest BCUT2D eigenvalue weighted by Crippen LogP contribution is -2.02. The summed E-state index contributed by atoms with van der Waals surface area (Å²) in [6.07, 6.45) is 0. The van der Waals surface area contributed by atoms with Crippen molar-refractivity contribution in [1.82, 2.24) is 0 Å². The molecule has 0 aromatic heterocycles. The molecule has 0 spiro atoms. The zero-order valence-corrected chi connectivity index (χ0v) is 9.52. The van der Waals surface area contributed by atoms with Crippen LogP contribution >= 0.6 is 15.9 Å². The van der Waals surface area contributed by atoms with Crippen LogP contribution in [0.3, 0.4) is 0 Å². The van der Waals surface area contributed by atoms with Gasteiger partial charge in [0.05, 0.1) is 0 Å². The third-order valence-electron chi connectivity index (χ3n) is 1.73. The summed E-state index contributed by atoms with van der Waals surface area (Å²) in [5.74, 6) is -0.739. The van der Waals surface area contributed by atoms with Crippen molar-refractivity contribution in [3.8, 4) is 0 Å². The SMILES string of the molecule is CC(=O)OCc1cc(Br)cc(C)c1F. The number of carbonyl (C=O) groups is 1. The summed E-state index contributed by atoms with van der Waals surface area (Å²) in [6, 6.07) is 3.28. The highest BCUT2D eigenvalue weighted by atomic mass is 79.9. The zero-order valence-electron chi connectivity index (χ0n) is 7.93. The Morgan fingerprint density at radius 1 is 1.57 bits per heavy atom. The van der Waals surface area contributed by atoms with E-state index in [1.54, 1.807) is 19.1 Å². The van der Waals surface area contributed by atoms with Crippen LogP contribution in [0.4, 0.5) is 4.39 Å². The monoisotopic (exact) mass is 260 g/mol. The van der Waals surface area contributed by atoms with Crippen molar-refractivity contribution < 1.29 is 13.9 Å². The van der Waals surface area contributed by atoms with Crippen LogP contribution in [0.25, 0.3) is 0 Å². The molecule has 14 heavy (non-hydrogen) atoms. The van der Waals surface area contributed by atoms with Crippen molar-refractivity contribution in [3.63, 3.8) is 0 Å². The number of hydrogen-bond acceptors (Lipinski definition) is 2. The number of benzene rings is 1. The van der Waals surface area contributed by atoms with Gasteiger partial charge in [-0.1, -0.05) is 15.9 Å².